The number of methoxy groups -OCH3 is 1. The topological polar surface area (TPSA) is 90.4 Å². The van der Waals surface area contributed by atoms with Gasteiger partial charge in [0, 0.05) is 28.6 Å². The molecule has 0 radical (unpaired) electrons. The van der Waals surface area contributed by atoms with Gasteiger partial charge in [0.05, 0.1) is 7.11 Å². The average Bonchev–Trinajstić information content (AvgIpc) is 3.17. The van der Waals surface area contributed by atoms with Gasteiger partial charge in [0.2, 0.25) is 0 Å². The molecule has 3 N–H and O–H groups in total. The van der Waals surface area contributed by atoms with E-state index in [0.29, 0.717) is 12.1 Å². The van der Waals surface area contributed by atoms with Crippen LogP contribution in [-0.4, -0.2) is 26.9 Å². The van der Waals surface area contributed by atoms with Crippen molar-refractivity contribution in [2.24, 2.45) is 0 Å². The Labute approximate surface area is 173 Å². The summed E-state index contributed by atoms with van der Waals surface area (Å²) in [6.45, 7) is 0. The van der Waals surface area contributed by atoms with Gasteiger partial charge in [0.1, 0.15) is 5.75 Å². The number of ether oxygens (including phenoxy) is 1. The highest BCUT2D eigenvalue weighted by Crippen LogP contribution is 2.28. The quantitative estimate of drug-likeness (QED) is 0.433. The first kappa shape index (κ1) is 17.9. The Bertz CT molecular complexity index is 1340. The second kappa shape index (κ2) is 7.36. The molecule has 0 saturated heterocycles. The number of fused-ring (bicyclic) bond motifs is 3. The maximum atomic E-state index is 5.94. The third-order valence-electron chi connectivity index (χ3n) is 5.00. The second-order valence-electron chi connectivity index (χ2n) is 7.02. The zero-order valence-electron chi connectivity index (χ0n) is 16.4. The first-order valence-corrected chi connectivity index (χ1v) is 9.60. The molecule has 2 aromatic heterocycles. The molecule has 148 valence electrons. The van der Waals surface area contributed by atoms with Gasteiger partial charge in [-0.25, -0.2) is 0 Å². The first-order valence-electron chi connectivity index (χ1n) is 9.60. The fraction of sp³-hybridized carbons (Fsp3) is 0.0870. The van der Waals surface area contributed by atoms with E-state index in [-0.39, 0.29) is 0 Å². The van der Waals surface area contributed by atoms with Crippen LogP contribution < -0.4 is 15.8 Å². The molecule has 7 heteroatoms. The summed E-state index contributed by atoms with van der Waals surface area (Å²) in [5, 5.41) is 19.0. The third-order valence-corrected chi connectivity index (χ3v) is 5.00. The highest BCUT2D eigenvalue weighted by Gasteiger charge is 2.15. The molecule has 0 amide bonds. The van der Waals surface area contributed by atoms with Crippen LogP contribution in [-0.2, 0) is 6.42 Å². The van der Waals surface area contributed by atoms with Gasteiger partial charge in [-0.2, -0.15) is 4.52 Å². The molecule has 0 aliphatic rings. The third kappa shape index (κ3) is 3.26. The zero-order valence-corrected chi connectivity index (χ0v) is 16.4. The fourth-order valence-electron chi connectivity index (χ4n) is 3.51. The van der Waals surface area contributed by atoms with Crippen LogP contribution in [0.5, 0.6) is 5.75 Å². The molecule has 3 aromatic carbocycles. The normalized spacial score (nSPS) is 11.1. The smallest absolute Gasteiger partial charge is 0.185 e. The van der Waals surface area contributed by atoms with E-state index in [9.17, 15) is 0 Å². The Morgan fingerprint density at radius 1 is 0.933 bits per heavy atom. The highest BCUT2D eigenvalue weighted by molar-refractivity contribution is 6.00. The van der Waals surface area contributed by atoms with Crippen molar-refractivity contribution < 1.29 is 4.74 Å². The predicted molar refractivity (Wildman–Crippen MR) is 118 cm³/mol. The maximum absolute atomic E-state index is 5.94. The number of nitrogen functional groups attached to an aromatic ring is 1. The summed E-state index contributed by atoms with van der Waals surface area (Å²) in [7, 11) is 1.66. The Hall–Kier alpha value is -4.13. The van der Waals surface area contributed by atoms with Crippen molar-refractivity contribution in [1.82, 2.24) is 19.8 Å². The van der Waals surface area contributed by atoms with Gasteiger partial charge >= 0.3 is 0 Å². The molecule has 30 heavy (non-hydrogen) atoms. The lowest BCUT2D eigenvalue weighted by Gasteiger charge is -2.11. The number of anilines is 3. The standard InChI is InChI=1S/C23H20N6O/c1-30-18-11-9-15(10-12-18)13-21-26-27-23-20-8-3-2-7-19(20)22(28-29(21)23)25-17-6-4-5-16(24)14-17/h2-12,14H,13,24H2,1H3,(H,25,28). The molecule has 0 spiro atoms. The van der Waals surface area contributed by atoms with Crippen molar-refractivity contribution in [3.05, 3.63) is 84.2 Å². The molecule has 5 rings (SSSR count). The van der Waals surface area contributed by atoms with E-state index in [1.165, 1.54) is 0 Å². The van der Waals surface area contributed by atoms with Crippen LogP contribution in [0.1, 0.15) is 11.4 Å². The van der Waals surface area contributed by atoms with E-state index < -0.39 is 0 Å². The molecule has 0 bridgehead atoms. The van der Waals surface area contributed by atoms with Crippen molar-refractivity contribution in [2.45, 2.75) is 6.42 Å². The van der Waals surface area contributed by atoms with Crippen molar-refractivity contribution in [2.75, 3.05) is 18.2 Å². The molecule has 0 fully saturated rings. The Morgan fingerprint density at radius 2 is 1.73 bits per heavy atom. The van der Waals surface area contributed by atoms with Gasteiger partial charge in [0.15, 0.2) is 17.3 Å². The zero-order chi connectivity index (χ0) is 20.5. The Kier molecular flexibility index (Phi) is 4.40. The maximum Gasteiger partial charge on any atom is 0.185 e. The van der Waals surface area contributed by atoms with Gasteiger partial charge in [-0.3, -0.25) is 0 Å². The first-order chi connectivity index (χ1) is 14.7. The summed E-state index contributed by atoms with van der Waals surface area (Å²) in [5.74, 6) is 2.30. The summed E-state index contributed by atoms with van der Waals surface area (Å²) in [5.41, 5.74) is 9.33. The summed E-state index contributed by atoms with van der Waals surface area (Å²) >= 11 is 0. The van der Waals surface area contributed by atoms with Gasteiger partial charge in [-0.15, -0.1) is 15.3 Å². The second-order valence-corrected chi connectivity index (χ2v) is 7.02. The van der Waals surface area contributed by atoms with Gasteiger partial charge in [-0.1, -0.05) is 42.5 Å². The van der Waals surface area contributed by atoms with Gasteiger partial charge in [-0.05, 0) is 35.9 Å². The van der Waals surface area contributed by atoms with Crippen molar-refractivity contribution in [3.8, 4) is 5.75 Å². The van der Waals surface area contributed by atoms with E-state index in [1.54, 1.807) is 11.6 Å². The van der Waals surface area contributed by atoms with E-state index >= 15 is 0 Å². The van der Waals surface area contributed by atoms with Crippen LogP contribution in [0.15, 0.2) is 72.8 Å². The van der Waals surface area contributed by atoms with Crippen LogP contribution in [0.25, 0.3) is 16.4 Å². The minimum absolute atomic E-state index is 0.605. The van der Waals surface area contributed by atoms with E-state index in [0.717, 1.165) is 45.1 Å². The van der Waals surface area contributed by atoms with Crippen molar-refractivity contribution in [1.29, 1.82) is 0 Å². The molecule has 5 aromatic rings. The minimum atomic E-state index is 0.605. The predicted octanol–water partition coefficient (Wildman–Crippen LogP) is 4.20. The van der Waals surface area contributed by atoms with E-state index in [1.807, 2.05) is 72.8 Å². The van der Waals surface area contributed by atoms with Gasteiger partial charge in [0.25, 0.3) is 0 Å². The van der Waals surface area contributed by atoms with Crippen molar-refractivity contribution in [3.63, 3.8) is 0 Å². The summed E-state index contributed by atoms with van der Waals surface area (Å²) in [4.78, 5) is 0. The lowest BCUT2D eigenvalue weighted by Crippen LogP contribution is -2.05. The van der Waals surface area contributed by atoms with Crippen molar-refractivity contribution >= 4 is 33.6 Å². The number of aromatic nitrogens is 4. The van der Waals surface area contributed by atoms with Crippen LogP contribution in [0.2, 0.25) is 0 Å². The number of nitrogens with two attached hydrogens (primary N) is 1. The average molecular weight is 396 g/mol. The molecule has 0 aliphatic carbocycles. The molecule has 0 unspecified atom stereocenters. The number of nitrogens with zero attached hydrogens (tertiary/aromatic N) is 4. The number of hydrogen-bond donors (Lipinski definition) is 2. The van der Waals surface area contributed by atoms with Crippen LogP contribution >= 0.6 is 0 Å². The fourth-order valence-corrected chi connectivity index (χ4v) is 3.51. The highest BCUT2D eigenvalue weighted by atomic mass is 16.5. The molecule has 0 aliphatic heterocycles. The summed E-state index contributed by atoms with van der Waals surface area (Å²) in [6.07, 6.45) is 0.605. The molecule has 0 saturated carbocycles. The van der Waals surface area contributed by atoms with Crippen LogP contribution in [0, 0.1) is 0 Å². The largest absolute Gasteiger partial charge is 0.497 e. The van der Waals surface area contributed by atoms with Gasteiger partial charge < -0.3 is 15.8 Å². The molecule has 7 nitrogen and oxygen atoms in total. The molecular weight excluding hydrogens is 376 g/mol. The molecular formula is C23H20N6O. The lowest BCUT2D eigenvalue weighted by molar-refractivity contribution is 0.414. The molecule has 2 heterocycles. The summed E-state index contributed by atoms with van der Waals surface area (Å²) in [6, 6.07) is 23.6. The number of nitrogens with one attached hydrogen (secondary N) is 1. The minimum Gasteiger partial charge on any atom is -0.497 e. The van der Waals surface area contributed by atoms with Crippen LogP contribution in [0.3, 0.4) is 0 Å². The summed E-state index contributed by atoms with van der Waals surface area (Å²) < 4.78 is 7.05. The lowest BCUT2D eigenvalue weighted by atomic mass is 10.1. The number of benzene rings is 3. The van der Waals surface area contributed by atoms with E-state index in [4.69, 9.17) is 15.6 Å². The SMILES string of the molecule is COc1ccc(Cc2nnc3c4ccccc4c(Nc4cccc(N)c4)nn23)cc1. The van der Waals surface area contributed by atoms with E-state index in [2.05, 4.69) is 15.5 Å². The molecule has 0 atom stereocenters. The Morgan fingerprint density at radius 3 is 2.50 bits per heavy atom. The number of hydrogen-bond acceptors (Lipinski definition) is 6. The van der Waals surface area contributed by atoms with Crippen LogP contribution in [0.4, 0.5) is 17.2 Å². The number of rotatable bonds is 5. The monoisotopic (exact) mass is 396 g/mol. The Balaban J connectivity index is 1.61.